The highest BCUT2D eigenvalue weighted by Gasteiger charge is 2.17. The lowest BCUT2D eigenvalue weighted by molar-refractivity contribution is 0.0954. The maximum absolute atomic E-state index is 12.6. The monoisotopic (exact) mass is 356 g/mol. The smallest absolute Gasteiger partial charge is 0.269 e. The Bertz CT molecular complexity index is 925. The lowest BCUT2D eigenvalue weighted by Crippen LogP contribution is -2.29. The van der Waals surface area contributed by atoms with Gasteiger partial charge in [-0.3, -0.25) is 9.59 Å². The third-order valence-corrected chi connectivity index (χ3v) is 5.03. The molecule has 3 heterocycles. The van der Waals surface area contributed by atoms with Gasteiger partial charge in [-0.2, -0.15) is 5.10 Å². The summed E-state index contributed by atoms with van der Waals surface area (Å²) in [6.45, 7) is 4.18. The van der Waals surface area contributed by atoms with Crippen LogP contribution in [0.5, 0.6) is 0 Å². The molecule has 1 amide bonds. The summed E-state index contributed by atoms with van der Waals surface area (Å²) in [5.74, 6) is -0.185. The van der Waals surface area contributed by atoms with Crippen molar-refractivity contribution in [1.82, 2.24) is 20.1 Å². The number of rotatable bonds is 6. The van der Waals surface area contributed by atoms with Gasteiger partial charge in [0, 0.05) is 24.5 Å². The van der Waals surface area contributed by atoms with Gasteiger partial charge in [-0.25, -0.2) is 5.10 Å². The third-order valence-electron chi connectivity index (χ3n) is 4.13. The predicted molar refractivity (Wildman–Crippen MR) is 98.4 cm³/mol. The summed E-state index contributed by atoms with van der Waals surface area (Å²) in [4.78, 5) is 25.4. The van der Waals surface area contributed by atoms with Gasteiger partial charge in [-0.05, 0) is 42.0 Å². The van der Waals surface area contributed by atoms with Gasteiger partial charge in [0.15, 0.2) is 0 Å². The molecule has 0 unspecified atom stereocenters. The van der Waals surface area contributed by atoms with Crippen LogP contribution in [0.25, 0.3) is 5.69 Å². The molecule has 25 heavy (non-hydrogen) atoms. The highest BCUT2D eigenvalue weighted by Crippen LogP contribution is 2.21. The third kappa shape index (κ3) is 3.41. The van der Waals surface area contributed by atoms with E-state index in [0.717, 1.165) is 23.4 Å². The number of H-pyrrole nitrogens is 1. The number of amides is 1. The second kappa shape index (κ2) is 7.48. The van der Waals surface area contributed by atoms with Gasteiger partial charge in [0.2, 0.25) is 0 Å². The Morgan fingerprint density at radius 1 is 1.24 bits per heavy atom. The minimum absolute atomic E-state index is 0.185. The number of carbonyl (C=O) groups excluding carboxylic acids is 1. The summed E-state index contributed by atoms with van der Waals surface area (Å²) in [5.41, 5.74) is 2.97. The lowest BCUT2D eigenvalue weighted by atomic mass is 10.0. The van der Waals surface area contributed by atoms with Gasteiger partial charge in [0.25, 0.3) is 11.5 Å². The van der Waals surface area contributed by atoms with Crippen LogP contribution in [-0.4, -0.2) is 20.7 Å². The summed E-state index contributed by atoms with van der Waals surface area (Å²) in [5, 5.41) is 11.4. The standard InChI is InChI=1S/C18H20N4O2S/c1-3-12-13(17(23)21-20-14(12)4-2)11-19-18(24)16-15(7-10-25-16)22-8-5-6-9-22/h5-10H,3-4,11H2,1-2H3,(H,19,24)(H,21,23). The van der Waals surface area contributed by atoms with E-state index in [2.05, 4.69) is 15.5 Å². The van der Waals surface area contributed by atoms with Crippen molar-refractivity contribution >= 4 is 17.2 Å². The van der Waals surface area contributed by atoms with Crippen LogP contribution >= 0.6 is 11.3 Å². The first kappa shape index (κ1) is 17.2. The van der Waals surface area contributed by atoms with Gasteiger partial charge in [-0.15, -0.1) is 11.3 Å². The molecule has 0 fully saturated rings. The number of thiophene rings is 1. The van der Waals surface area contributed by atoms with E-state index in [4.69, 9.17) is 0 Å². The molecular weight excluding hydrogens is 336 g/mol. The van der Waals surface area contributed by atoms with E-state index in [-0.39, 0.29) is 18.0 Å². The molecule has 2 N–H and O–H groups in total. The molecule has 6 nitrogen and oxygen atoms in total. The van der Waals surface area contributed by atoms with Crippen molar-refractivity contribution in [2.75, 3.05) is 0 Å². The maximum Gasteiger partial charge on any atom is 0.269 e. The number of carbonyl (C=O) groups is 1. The van der Waals surface area contributed by atoms with Crippen LogP contribution in [0.4, 0.5) is 0 Å². The van der Waals surface area contributed by atoms with Crippen LogP contribution < -0.4 is 10.9 Å². The molecule has 0 atom stereocenters. The summed E-state index contributed by atoms with van der Waals surface area (Å²) in [6, 6.07) is 5.73. The average molecular weight is 356 g/mol. The molecule has 0 radical (unpaired) electrons. The molecule has 0 saturated heterocycles. The maximum atomic E-state index is 12.6. The molecule has 0 aromatic carbocycles. The van der Waals surface area contributed by atoms with E-state index < -0.39 is 0 Å². The number of aromatic nitrogens is 3. The number of nitrogens with one attached hydrogen (secondary N) is 2. The predicted octanol–water partition coefficient (Wildman–Crippen LogP) is 2.68. The number of hydrogen-bond donors (Lipinski definition) is 2. The fourth-order valence-corrected chi connectivity index (χ4v) is 3.69. The molecule has 3 rings (SSSR count). The van der Waals surface area contributed by atoms with Crippen LogP contribution in [0, 0.1) is 0 Å². The Morgan fingerprint density at radius 2 is 2.00 bits per heavy atom. The quantitative estimate of drug-likeness (QED) is 0.713. The van der Waals surface area contributed by atoms with E-state index in [9.17, 15) is 9.59 Å². The second-order valence-electron chi connectivity index (χ2n) is 5.57. The first-order valence-electron chi connectivity index (χ1n) is 8.24. The van der Waals surface area contributed by atoms with Gasteiger partial charge >= 0.3 is 0 Å². The Hall–Kier alpha value is -2.67. The zero-order valence-corrected chi connectivity index (χ0v) is 15.0. The molecular formula is C18H20N4O2S. The Morgan fingerprint density at radius 3 is 2.68 bits per heavy atom. The van der Waals surface area contributed by atoms with E-state index in [0.29, 0.717) is 16.9 Å². The van der Waals surface area contributed by atoms with Crippen molar-refractivity contribution in [2.45, 2.75) is 33.2 Å². The van der Waals surface area contributed by atoms with Gasteiger partial charge < -0.3 is 9.88 Å². The molecule has 0 aliphatic carbocycles. The fraction of sp³-hybridized carbons (Fsp3) is 0.278. The number of aromatic amines is 1. The molecule has 130 valence electrons. The van der Waals surface area contributed by atoms with Crippen molar-refractivity contribution < 1.29 is 4.79 Å². The van der Waals surface area contributed by atoms with Gasteiger partial charge in [0.05, 0.1) is 11.4 Å². The second-order valence-corrected chi connectivity index (χ2v) is 6.49. The van der Waals surface area contributed by atoms with Gasteiger partial charge in [0.1, 0.15) is 4.88 Å². The molecule has 7 heteroatoms. The molecule has 0 saturated carbocycles. The molecule has 3 aromatic heterocycles. The van der Waals surface area contributed by atoms with Crippen LogP contribution in [0.3, 0.4) is 0 Å². The summed E-state index contributed by atoms with van der Waals surface area (Å²) < 4.78 is 1.90. The SMILES string of the molecule is CCc1n[nH]c(=O)c(CNC(=O)c2sccc2-n2cccc2)c1CC. The minimum atomic E-state index is -0.244. The van der Waals surface area contributed by atoms with Crippen molar-refractivity contribution in [3.8, 4) is 5.69 Å². The van der Waals surface area contributed by atoms with Crippen molar-refractivity contribution in [2.24, 2.45) is 0 Å². The average Bonchev–Trinajstić information content (AvgIpc) is 3.30. The Balaban J connectivity index is 1.83. The summed E-state index contributed by atoms with van der Waals surface area (Å²) in [6.07, 6.45) is 5.24. The molecule has 0 bridgehead atoms. The van der Waals surface area contributed by atoms with E-state index >= 15 is 0 Å². The molecule has 0 spiro atoms. The van der Waals surface area contributed by atoms with Crippen LogP contribution in [0.15, 0.2) is 40.8 Å². The topological polar surface area (TPSA) is 79.8 Å². The first-order chi connectivity index (χ1) is 12.2. The van der Waals surface area contributed by atoms with Crippen LogP contribution in [-0.2, 0) is 19.4 Å². The minimum Gasteiger partial charge on any atom is -0.347 e. The largest absolute Gasteiger partial charge is 0.347 e. The first-order valence-corrected chi connectivity index (χ1v) is 9.12. The summed E-state index contributed by atoms with van der Waals surface area (Å²) in [7, 11) is 0. The molecule has 3 aromatic rings. The van der Waals surface area contributed by atoms with Crippen LogP contribution in [0.1, 0.15) is 40.3 Å². The normalized spacial score (nSPS) is 10.8. The zero-order valence-electron chi connectivity index (χ0n) is 14.2. The van der Waals surface area contributed by atoms with Crippen molar-refractivity contribution in [1.29, 1.82) is 0 Å². The van der Waals surface area contributed by atoms with Crippen molar-refractivity contribution in [3.05, 3.63) is 68.0 Å². The Kier molecular flexibility index (Phi) is 5.14. The molecule has 0 aliphatic heterocycles. The molecule has 0 aliphatic rings. The number of nitrogens with zero attached hydrogens (tertiary/aromatic N) is 2. The van der Waals surface area contributed by atoms with E-state index in [1.807, 2.05) is 54.4 Å². The lowest BCUT2D eigenvalue weighted by Gasteiger charge is -2.11. The highest BCUT2D eigenvalue weighted by molar-refractivity contribution is 7.12. The number of hydrogen-bond acceptors (Lipinski definition) is 4. The van der Waals surface area contributed by atoms with E-state index in [1.165, 1.54) is 11.3 Å². The fourth-order valence-electron chi connectivity index (χ4n) is 2.88. The zero-order chi connectivity index (χ0) is 17.8. The Labute approximate surface area is 149 Å². The number of aryl methyl sites for hydroxylation is 1. The van der Waals surface area contributed by atoms with E-state index in [1.54, 1.807) is 0 Å². The highest BCUT2D eigenvalue weighted by atomic mass is 32.1. The summed E-state index contributed by atoms with van der Waals surface area (Å²) >= 11 is 1.38. The van der Waals surface area contributed by atoms with Crippen LogP contribution in [0.2, 0.25) is 0 Å². The van der Waals surface area contributed by atoms with Gasteiger partial charge in [-0.1, -0.05) is 13.8 Å². The van der Waals surface area contributed by atoms with Crippen molar-refractivity contribution in [3.63, 3.8) is 0 Å².